The highest BCUT2D eigenvalue weighted by Gasteiger charge is 2.08. The topological polar surface area (TPSA) is 50.7 Å². The molecule has 0 saturated heterocycles. The summed E-state index contributed by atoms with van der Waals surface area (Å²) in [6.45, 7) is 2.02. The Hall–Kier alpha value is -1.98. The van der Waals surface area contributed by atoms with E-state index in [1.807, 2.05) is 43.3 Å². The molecule has 2 heterocycles. The van der Waals surface area contributed by atoms with Gasteiger partial charge in [-0.25, -0.2) is 9.97 Å². The van der Waals surface area contributed by atoms with Gasteiger partial charge in [0.1, 0.15) is 16.7 Å². The monoisotopic (exact) mass is 374 g/mol. The van der Waals surface area contributed by atoms with E-state index in [1.54, 1.807) is 12.3 Å². The van der Waals surface area contributed by atoms with Gasteiger partial charge in [0, 0.05) is 22.4 Å². The van der Waals surface area contributed by atoms with Gasteiger partial charge in [0.05, 0.1) is 0 Å². The van der Waals surface area contributed by atoms with Gasteiger partial charge >= 0.3 is 0 Å². The quantitative estimate of drug-likeness (QED) is 0.654. The van der Waals surface area contributed by atoms with Gasteiger partial charge in [-0.15, -0.1) is 0 Å². The van der Waals surface area contributed by atoms with Gasteiger partial charge < -0.3 is 5.32 Å². The average molecular weight is 376 g/mol. The first kappa shape index (κ1) is 14.9. The van der Waals surface area contributed by atoms with Crippen molar-refractivity contribution in [3.05, 3.63) is 63.9 Å². The van der Waals surface area contributed by atoms with E-state index in [0.717, 1.165) is 15.7 Å². The molecule has 0 aliphatic rings. The molecule has 110 valence electrons. The maximum Gasteiger partial charge on any atom is 0.181 e. The van der Waals surface area contributed by atoms with Crippen LogP contribution in [0.4, 0.5) is 11.5 Å². The van der Waals surface area contributed by atoms with Crippen molar-refractivity contribution in [2.75, 3.05) is 5.32 Å². The number of benzene rings is 1. The lowest BCUT2D eigenvalue weighted by molar-refractivity contribution is 1.14. The first-order valence-corrected chi connectivity index (χ1v) is 7.79. The molecule has 3 aromatic rings. The SMILES string of the molecule is Cc1c(Br)cccc1Nc1cc(Cl)nc(-c2ccccn2)n1. The summed E-state index contributed by atoms with van der Waals surface area (Å²) in [7, 11) is 0. The molecule has 0 aliphatic carbocycles. The molecule has 0 aliphatic heterocycles. The molecule has 0 atom stereocenters. The number of nitrogens with zero attached hydrogens (tertiary/aromatic N) is 3. The smallest absolute Gasteiger partial charge is 0.181 e. The average Bonchev–Trinajstić information content (AvgIpc) is 2.52. The standard InChI is InChI=1S/C16H12BrClN4/c1-10-11(17)5-4-7-12(10)20-15-9-14(18)21-16(22-15)13-6-2-3-8-19-13/h2-9H,1H3,(H,20,21,22). The largest absolute Gasteiger partial charge is 0.340 e. The normalized spacial score (nSPS) is 10.5. The van der Waals surface area contributed by atoms with Crippen molar-refractivity contribution in [1.82, 2.24) is 15.0 Å². The Morgan fingerprint density at radius 3 is 2.73 bits per heavy atom. The molecule has 0 saturated carbocycles. The van der Waals surface area contributed by atoms with Crippen LogP contribution in [0.15, 0.2) is 53.1 Å². The van der Waals surface area contributed by atoms with Crippen molar-refractivity contribution in [3.8, 4) is 11.5 Å². The van der Waals surface area contributed by atoms with Crippen LogP contribution in [-0.2, 0) is 0 Å². The highest BCUT2D eigenvalue weighted by molar-refractivity contribution is 9.10. The number of anilines is 2. The van der Waals surface area contributed by atoms with Crippen molar-refractivity contribution in [2.45, 2.75) is 6.92 Å². The third kappa shape index (κ3) is 3.26. The van der Waals surface area contributed by atoms with Crippen molar-refractivity contribution in [2.24, 2.45) is 0 Å². The molecular formula is C16H12BrClN4. The molecule has 22 heavy (non-hydrogen) atoms. The molecule has 0 unspecified atom stereocenters. The molecule has 0 fully saturated rings. The van der Waals surface area contributed by atoms with E-state index in [2.05, 4.69) is 36.2 Å². The van der Waals surface area contributed by atoms with Crippen LogP contribution in [0.3, 0.4) is 0 Å². The minimum absolute atomic E-state index is 0.366. The summed E-state index contributed by atoms with van der Waals surface area (Å²) in [6, 6.07) is 13.2. The summed E-state index contributed by atoms with van der Waals surface area (Å²) < 4.78 is 1.03. The second kappa shape index (κ2) is 6.42. The van der Waals surface area contributed by atoms with Crippen molar-refractivity contribution < 1.29 is 0 Å². The summed E-state index contributed by atoms with van der Waals surface area (Å²) in [5.41, 5.74) is 2.73. The molecule has 1 N–H and O–H groups in total. The number of nitrogens with one attached hydrogen (secondary N) is 1. The van der Waals surface area contributed by atoms with Crippen LogP contribution in [0, 0.1) is 6.92 Å². The van der Waals surface area contributed by atoms with Crippen LogP contribution >= 0.6 is 27.5 Å². The minimum Gasteiger partial charge on any atom is -0.340 e. The Bertz CT molecular complexity index is 808. The zero-order valence-corrected chi connectivity index (χ0v) is 14.1. The first-order valence-electron chi connectivity index (χ1n) is 6.61. The second-order valence-corrected chi connectivity index (χ2v) is 5.89. The van der Waals surface area contributed by atoms with Crippen molar-refractivity contribution in [3.63, 3.8) is 0 Å². The highest BCUT2D eigenvalue weighted by Crippen LogP contribution is 2.27. The summed E-state index contributed by atoms with van der Waals surface area (Å²) in [5.74, 6) is 1.12. The van der Waals surface area contributed by atoms with E-state index in [-0.39, 0.29) is 0 Å². The number of pyridine rings is 1. The third-order valence-electron chi connectivity index (χ3n) is 3.12. The Morgan fingerprint density at radius 1 is 1.09 bits per heavy atom. The van der Waals surface area contributed by atoms with Crippen molar-refractivity contribution in [1.29, 1.82) is 0 Å². The van der Waals surface area contributed by atoms with Crippen LogP contribution in [0.2, 0.25) is 5.15 Å². The van der Waals surface area contributed by atoms with Crippen LogP contribution in [-0.4, -0.2) is 15.0 Å². The lowest BCUT2D eigenvalue weighted by atomic mass is 10.2. The summed E-state index contributed by atoms with van der Waals surface area (Å²) in [5, 5.41) is 3.64. The fraction of sp³-hybridized carbons (Fsp3) is 0.0625. The van der Waals surface area contributed by atoms with E-state index < -0.39 is 0 Å². The summed E-state index contributed by atoms with van der Waals surface area (Å²) >= 11 is 9.63. The van der Waals surface area contributed by atoms with Crippen molar-refractivity contribution >= 4 is 39.0 Å². The number of hydrogen-bond acceptors (Lipinski definition) is 4. The summed E-state index contributed by atoms with van der Waals surface area (Å²) in [4.78, 5) is 13.0. The maximum absolute atomic E-state index is 6.11. The van der Waals surface area contributed by atoms with Gasteiger partial charge in [-0.2, -0.15) is 0 Å². The molecular weight excluding hydrogens is 364 g/mol. The van der Waals surface area contributed by atoms with E-state index in [4.69, 9.17) is 11.6 Å². The lowest BCUT2D eigenvalue weighted by Crippen LogP contribution is -2.00. The summed E-state index contributed by atoms with van der Waals surface area (Å²) in [6.07, 6.45) is 1.70. The van der Waals surface area contributed by atoms with E-state index in [1.165, 1.54) is 0 Å². The number of rotatable bonds is 3. The number of aromatic nitrogens is 3. The molecule has 0 amide bonds. The number of halogens is 2. The predicted octanol–water partition coefficient (Wildman–Crippen LogP) is 5.01. The zero-order chi connectivity index (χ0) is 15.5. The Morgan fingerprint density at radius 2 is 1.95 bits per heavy atom. The van der Waals surface area contributed by atoms with Crippen LogP contribution < -0.4 is 5.32 Å². The Kier molecular flexibility index (Phi) is 4.36. The minimum atomic E-state index is 0.366. The maximum atomic E-state index is 6.11. The third-order valence-corrected chi connectivity index (χ3v) is 4.17. The second-order valence-electron chi connectivity index (χ2n) is 4.65. The molecule has 3 rings (SSSR count). The van der Waals surface area contributed by atoms with Gasteiger partial charge in [-0.3, -0.25) is 4.98 Å². The lowest BCUT2D eigenvalue weighted by Gasteiger charge is -2.11. The highest BCUT2D eigenvalue weighted by atomic mass is 79.9. The molecule has 2 aromatic heterocycles. The van der Waals surface area contributed by atoms with Gasteiger partial charge in [-0.1, -0.05) is 39.7 Å². The zero-order valence-electron chi connectivity index (χ0n) is 11.7. The van der Waals surface area contributed by atoms with Crippen LogP contribution in [0.1, 0.15) is 5.56 Å². The van der Waals surface area contributed by atoms with Gasteiger partial charge in [-0.05, 0) is 36.8 Å². The van der Waals surface area contributed by atoms with Gasteiger partial charge in [0.2, 0.25) is 0 Å². The fourth-order valence-electron chi connectivity index (χ4n) is 1.97. The predicted molar refractivity (Wildman–Crippen MR) is 92.4 cm³/mol. The van der Waals surface area contributed by atoms with Gasteiger partial charge in [0.25, 0.3) is 0 Å². The van der Waals surface area contributed by atoms with Crippen LogP contribution in [0.25, 0.3) is 11.5 Å². The van der Waals surface area contributed by atoms with Gasteiger partial charge in [0.15, 0.2) is 5.82 Å². The molecule has 0 spiro atoms. The van der Waals surface area contributed by atoms with Crippen LogP contribution in [0.5, 0.6) is 0 Å². The molecule has 1 aromatic carbocycles. The fourth-order valence-corrected chi connectivity index (χ4v) is 2.52. The first-order chi connectivity index (χ1) is 10.6. The number of hydrogen-bond donors (Lipinski definition) is 1. The molecule has 0 radical (unpaired) electrons. The molecule has 6 heteroatoms. The Labute approximate surface area is 141 Å². The van der Waals surface area contributed by atoms with E-state index in [0.29, 0.717) is 22.5 Å². The Balaban J connectivity index is 1.98. The van der Waals surface area contributed by atoms with E-state index in [9.17, 15) is 0 Å². The molecule has 0 bridgehead atoms. The molecule has 4 nitrogen and oxygen atoms in total. The van der Waals surface area contributed by atoms with E-state index >= 15 is 0 Å².